The zero-order valence-corrected chi connectivity index (χ0v) is 14.7. The van der Waals surface area contributed by atoms with Gasteiger partial charge in [-0.05, 0) is 33.1 Å². The SMILES string of the molecule is C[C@H](NC(=O)[C@H](C)N1CCC(N)C1=O)C(=O)N1CCC(C(N)=O)CC1. The second-order valence-electron chi connectivity index (χ2n) is 6.83. The number of hydrogen-bond donors (Lipinski definition) is 3. The standard InChI is InChI=1S/C16H27N5O4/c1-9(15(24)20-6-3-11(4-7-20)13(18)22)19-14(23)10(2)21-8-5-12(17)16(21)25/h9-12H,3-8,17H2,1-2H3,(H2,18,22)(H,19,23)/t9-,10-,12?/m0/s1. The smallest absolute Gasteiger partial charge is 0.244 e. The van der Waals surface area contributed by atoms with E-state index in [1.165, 1.54) is 4.90 Å². The van der Waals surface area contributed by atoms with Crippen molar-refractivity contribution in [2.24, 2.45) is 17.4 Å². The van der Waals surface area contributed by atoms with Crippen LogP contribution in [0.5, 0.6) is 0 Å². The van der Waals surface area contributed by atoms with Crippen LogP contribution in [0.15, 0.2) is 0 Å². The molecule has 140 valence electrons. The first-order valence-electron chi connectivity index (χ1n) is 8.67. The summed E-state index contributed by atoms with van der Waals surface area (Å²) in [6.07, 6.45) is 1.61. The van der Waals surface area contributed by atoms with E-state index in [0.29, 0.717) is 38.9 Å². The summed E-state index contributed by atoms with van der Waals surface area (Å²) in [5.41, 5.74) is 11.0. The van der Waals surface area contributed by atoms with E-state index in [-0.39, 0.29) is 29.5 Å². The van der Waals surface area contributed by atoms with Crippen molar-refractivity contribution >= 4 is 23.6 Å². The number of nitrogens with zero attached hydrogens (tertiary/aromatic N) is 2. The predicted molar refractivity (Wildman–Crippen MR) is 89.9 cm³/mol. The molecule has 0 saturated carbocycles. The van der Waals surface area contributed by atoms with E-state index in [1.807, 2.05) is 0 Å². The maximum Gasteiger partial charge on any atom is 0.244 e. The summed E-state index contributed by atoms with van der Waals surface area (Å²) in [6.45, 7) is 4.58. The minimum Gasteiger partial charge on any atom is -0.369 e. The molecule has 4 amide bonds. The fourth-order valence-corrected chi connectivity index (χ4v) is 3.30. The van der Waals surface area contributed by atoms with E-state index in [4.69, 9.17) is 11.5 Å². The predicted octanol–water partition coefficient (Wildman–Crippen LogP) is -1.84. The van der Waals surface area contributed by atoms with Crippen molar-refractivity contribution in [1.29, 1.82) is 0 Å². The van der Waals surface area contributed by atoms with Crippen LogP contribution >= 0.6 is 0 Å². The zero-order chi connectivity index (χ0) is 18.7. The number of carbonyl (C=O) groups is 4. The molecule has 2 aliphatic heterocycles. The summed E-state index contributed by atoms with van der Waals surface area (Å²) in [7, 11) is 0. The Hall–Kier alpha value is -2.16. The van der Waals surface area contributed by atoms with E-state index in [1.54, 1.807) is 18.7 Å². The van der Waals surface area contributed by atoms with Gasteiger partial charge in [-0.15, -0.1) is 0 Å². The summed E-state index contributed by atoms with van der Waals surface area (Å²) in [5, 5.41) is 2.67. The molecule has 1 unspecified atom stereocenters. The maximum absolute atomic E-state index is 12.5. The average molecular weight is 353 g/mol. The summed E-state index contributed by atoms with van der Waals surface area (Å²) < 4.78 is 0. The van der Waals surface area contributed by atoms with Crippen LogP contribution in [0, 0.1) is 5.92 Å². The van der Waals surface area contributed by atoms with Gasteiger partial charge < -0.3 is 26.6 Å². The number of nitrogens with two attached hydrogens (primary N) is 2. The van der Waals surface area contributed by atoms with E-state index in [0.717, 1.165) is 0 Å². The van der Waals surface area contributed by atoms with Crippen LogP contribution in [-0.2, 0) is 19.2 Å². The van der Waals surface area contributed by atoms with E-state index >= 15 is 0 Å². The van der Waals surface area contributed by atoms with Gasteiger partial charge in [0.05, 0.1) is 6.04 Å². The molecule has 0 aromatic carbocycles. The zero-order valence-electron chi connectivity index (χ0n) is 14.7. The number of carbonyl (C=O) groups excluding carboxylic acids is 4. The average Bonchev–Trinajstić information content (AvgIpc) is 2.92. The van der Waals surface area contributed by atoms with Crippen LogP contribution in [0.1, 0.15) is 33.1 Å². The van der Waals surface area contributed by atoms with Gasteiger partial charge in [0, 0.05) is 25.6 Å². The second kappa shape index (κ2) is 7.81. The summed E-state index contributed by atoms with van der Waals surface area (Å²) in [6, 6.07) is -1.93. The van der Waals surface area contributed by atoms with Gasteiger partial charge in [0.25, 0.3) is 0 Å². The Morgan fingerprint density at radius 3 is 2.20 bits per heavy atom. The first-order chi connectivity index (χ1) is 11.7. The van der Waals surface area contributed by atoms with Gasteiger partial charge in [0.2, 0.25) is 23.6 Å². The third kappa shape index (κ3) is 4.28. The molecule has 0 aromatic rings. The quantitative estimate of drug-likeness (QED) is 0.533. The fourth-order valence-electron chi connectivity index (χ4n) is 3.30. The highest BCUT2D eigenvalue weighted by atomic mass is 16.2. The third-order valence-corrected chi connectivity index (χ3v) is 5.07. The topological polar surface area (TPSA) is 139 Å². The molecule has 0 bridgehead atoms. The first-order valence-corrected chi connectivity index (χ1v) is 8.67. The van der Waals surface area contributed by atoms with Gasteiger partial charge in [-0.1, -0.05) is 0 Å². The normalized spacial score (nSPS) is 24.1. The Morgan fingerprint density at radius 2 is 1.72 bits per heavy atom. The number of nitrogens with one attached hydrogen (secondary N) is 1. The molecule has 2 saturated heterocycles. The fraction of sp³-hybridized carbons (Fsp3) is 0.750. The van der Waals surface area contributed by atoms with Crippen LogP contribution in [0.3, 0.4) is 0 Å². The molecule has 25 heavy (non-hydrogen) atoms. The van der Waals surface area contributed by atoms with Crippen LogP contribution in [0.2, 0.25) is 0 Å². The molecule has 3 atom stereocenters. The van der Waals surface area contributed by atoms with Crippen molar-refractivity contribution < 1.29 is 19.2 Å². The van der Waals surface area contributed by atoms with Crippen molar-refractivity contribution in [3.05, 3.63) is 0 Å². The number of piperidine rings is 1. The van der Waals surface area contributed by atoms with Crippen LogP contribution in [-0.4, -0.2) is 71.2 Å². The third-order valence-electron chi connectivity index (χ3n) is 5.07. The lowest BCUT2D eigenvalue weighted by atomic mass is 9.96. The highest BCUT2D eigenvalue weighted by Gasteiger charge is 2.36. The lowest BCUT2D eigenvalue weighted by Gasteiger charge is -2.33. The lowest BCUT2D eigenvalue weighted by Crippen LogP contribution is -2.54. The molecule has 2 rings (SSSR count). The molecule has 0 radical (unpaired) electrons. The van der Waals surface area contributed by atoms with Gasteiger partial charge in [-0.25, -0.2) is 0 Å². The molecule has 0 spiro atoms. The van der Waals surface area contributed by atoms with E-state index in [9.17, 15) is 19.2 Å². The molecule has 9 nitrogen and oxygen atoms in total. The van der Waals surface area contributed by atoms with E-state index in [2.05, 4.69) is 5.32 Å². The molecule has 9 heteroatoms. The first kappa shape index (κ1) is 19.2. The summed E-state index contributed by atoms with van der Waals surface area (Å²) in [5.74, 6) is -1.35. The lowest BCUT2D eigenvalue weighted by molar-refractivity contribution is -0.141. The highest BCUT2D eigenvalue weighted by molar-refractivity contribution is 5.93. The van der Waals surface area contributed by atoms with Gasteiger partial charge in [0.15, 0.2) is 0 Å². The molecular formula is C16H27N5O4. The van der Waals surface area contributed by atoms with Crippen molar-refractivity contribution in [3.63, 3.8) is 0 Å². The molecule has 0 aromatic heterocycles. The van der Waals surface area contributed by atoms with Crippen molar-refractivity contribution in [2.45, 2.75) is 51.2 Å². The highest BCUT2D eigenvalue weighted by Crippen LogP contribution is 2.17. The Balaban J connectivity index is 1.85. The van der Waals surface area contributed by atoms with E-state index < -0.39 is 18.1 Å². The van der Waals surface area contributed by atoms with Crippen molar-refractivity contribution in [1.82, 2.24) is 15.1 Å². The van der Waals surface area contributed by atoms with Gasteiger partial charge >= 0.3 is 0 Å². The van der Waals surface area contributed by atoms with Crippen LogP contribution in [0.4, 0.5) is 0 Å². The minimum absolute atomic E-state index is 0.195. The Kier molecular flexibility index (Phi) is 5.99. The molecule has 2 heterocycles. The summed E-state index contributed by atoms with van der Waals surface area (Å²) in [4.78, 5) is 51.0. The molecule has 2 aliphatic rings. The number of likely N-dealkylation sites (tertiary alicyclic amines) is 2. The Bertz CT molecular complexity index is 559. The van der Waals surface area contributed by atoms with Gasteiger partial charge in [-0.2, -0.15) is 0 Å². The number of hydrogen-bond acceptors (Lipinski definition) is 5. The number of primary amides is 1. The van der Waals surface area contributed by atoms with Gasteiger partial charge in [0.1, 0.15) is 12.1 Å². The molecule has 5 N–H and O–H groups in total. The van der Waals surface area contributed by atoms with Crippen LogP contribution < -0.4 is 16.8 Å². The number of amides is 4. The largest absolute Gasteiger partial charge is 0.369 e. The Morgan fingerprint density at radius 1 is 1.12 bits per heavy atom. The monoisotopic (exact) mass is 353 g/mol. The van der Waals surface area contributed by atoms with Crippen LogP contribution in [0.25, 0.3) is 0 Å². The minimum atomic E-state index is -0.702. The number of rotatable bonds is 5. The van der Waals surface area contributed by atoms with Crippen molar-refractivity contribution in [3.8, 4) is 0 Å². The Labute approximate surface area is 147 Å². The molecule has 0 aliphatic carbocycles. The second-order valence-corrected chi connectivity index (χ2v) is 6.83. The summed E-state index contributed by atoms with van der Waals surface area (Å²) >= 11 is 0. The molecular weight excluding hydrogens is 326 g/mol. The van der Waals surface area contributed by atoms with Crippen molar-refractivity contribution in [2.75, 3.05) is 19.6 Å². The maximum atomic E-state index is 12.5. The molecule has 2 fully saturated rings. The van der Waals surface area contributed by atoms with Gasteiger partial charge in [-0.3, -0.25) is 19.2 Å².